The first-order valence-electron chi connectivity index (χ1n) is 4.03. The minimum absolute atomic E-state index is 0.213. The number of hydrogen-bond donors (Lipinski definition) is 0. The van der Waals surface area contributed by atoms with Gasteiger partial charge in [-0.3, -0.25) is 10.1 Å². The molecular formula is C9H5F3N2O2. The first-order valence-corrected chi connectivity index (χ1v) is 4.03. The minimum atomic E-state index is -4.66. The molecule has 0 aliphatic rings. The SMILES string of the molecule is Cc1cc(C#N)c([N+](=O)[O-])cc1C(F)(F)F. The number of alkyl halides is 3. The summed E-state index contributed by atoms with van der Waals surface area (Å²) in [6.45, 7) is 1.15. The Balaban J connectivity index is 3.53. The van der Waals surface area contributed by atoms with Crippen molar-refractivity contribution in [3.63, 3.8) is 0 Å². The molecule has 0 amide bonds. The Hall–Kier alpha value is -2.10. The average molecular weight is 230 g/mol. The van der Waals surface area contributed by atoms with Crippen molar-refractivity contribution in [1.29, 1.82) is 5.26 Å². The number of nitriles is 1. The molecule has 0 spiro atoms. The van der Waals surface area contributed by atoms with Crippen LogP contribution in [0.4, 0.5) is 18.9 Å². The molecular weight excluding hydrogens is 225 g/mol. The van der Waals surface area contributed by atoms with Gasteiger partial charge in [-0.1, -0.05) is 0 Å². The lowest BCUT2D eigenvalue weighted by Crippen LogP contribution is -2.09. The molecule has 16 heavy (non-hydrogen) atoms. The molecule has 84 valence electrons. The van der Waals surface area contributed by atoms with E-state index in [1.54, 1.807) is 0 Å². The lowest BCUT2D eigenvalue weighted by molar-refractivity contribution is -0.385. The van der Waals surface area contributed by atoms with Crippen LogP contribution < -0.4 is 0 Å². The van der Waals surface area contributed by atoms with Crippen LogP contribution in [0.5, 0.6) is 0 Å². The molecule has 0 heterocycles. The Morgan fingerprint density at radius 1 is 1.44 bits per heavy atom. The van der Waals surface area contributed by atoms with Crippen LogP contribution in [0.25, 0.3) is 0 Å². The maximum atomic E-state index is 12.4. The Kier molecular flexibility index (Phi) is 2.85. The molecule has 0 bridgehead atoms. The molecule has 0 N–H and O–H groups in total. The van der Waals surface area contributed by atoms with Gasteiger partial charge in [-0.2, -0.15) is 18.4 Å². The van der Waals surface area contributed by atoms with E-state index in [0.29, 0.717) is 6.07 Å². The molecule has 0 unspecified atom stereocenters. The monoisotopic (exact) mass is 230 g/mol. The second-order valence-corrected chi connectivity index (χ2v) is 3.05. The summed E-state index contributed by atoms with van der Waals surface area (Å²) in [6, 6.07) is 2.73. The maximum absolute atomic E-state index is 12.4. The van der Waals surface area contributed by atoms with E-state index in [0.717, 1.165) is 13.0 Å². The second kappa shape index (κ2) is 3.81. The van der Waals surface area contributed by atoms with Crippen LogP contribution in [0.3, 0.4) is 0 Å². The Labute approximate surface area is 88.1 Å². The number of nitro benzene ring substituents is 1. The van der Waals surface area contributed by atoms with Gasteiger partial charge in [0.1, 0.15) is 11.6 Å². The molecule has 0 atom stereocenters. The average Bonchev–Trinajstić information content (AvgIpc) is 2.14. The lowest BCUT2D eigenvalue weighted by Gasteiger charge is -2.09. The van der Waals surface area contributed by atoms with Crippen molar-refractivity contribution in [1.82, 2.24) is 0 Å². The fourth-order valence-corrected chi connectivity index (χ4v) is 1.24. The Bertz CT molecular complexity index is 489. The van der Waals surface area contributed by atoms with Gasteiger partial charge in [-0.05, 0) is 18.6 Å². The zero-order valence-electron chi connectivity index (χ0n) is 8.00. The third-order valence-corrected chi connectivity index (χ3v) is 1.97. The van der Waals surface area contributed by atoms with Gasteiger partial charge < -0.3 is 0 Å². The highest BCUT2D eigenvalue weighted by Gasteiger charge is 2.35. The van der Waals surface area contributed by atoms with Crippen LogP contribution >= 0.6 is 0 Å². The number of benzene rings is 1. The fourth-order valence-electron chi connectivity index (χ4n) is 1.24. The van der Waals surface area contributed by atoms with Gasteiger partial charge in [0, 0.05) is 6.07 Å². The van der Waals surface area contributed by atoms with Gasteiger partial charge in [0.2, 0.25) is 0 Å². The van der Waals surface area contributed by atoms with E-state index in [-0.39, 0.29) is 11.1 Å². The first kappa shape index (κ1) is 12.0. The summed E-state index contributed by atoms with van der Waals surface area (Å²) in [7, 11) is 0. The molecule has 1 aromatic rings. The summed E-state index contributed by atoms with van der Waals surface area (Å²) >= 11 is 0. The van der Waals surface area contributed by atoms with Crippen molar-refractivity contribution in [3.05, 3.63) is 38.9 Å². The van der Waals surface area contributed by atoms with E-state index in [2.05, 4.69) is 0 Å². The summed E-state index contributed by atoms with van der Waals surface area (Å²) in [4.78, 5) is 9.45. The van der Waals surface area contributed by atoms with Crippen molar-refractivity contribution in [3.8, 4) is 6.07 Å². The number of aryl methyl sites for hydroxylation is 1. The standard InChI is InChI=1S/C9H5F3N2O2/c1-5-2-6(4-13)8(14(15)16)3-7(5)9(10,11)12/h2-3H,1H3. The van der Waals surface area contributed by atoms with E-state index in [1.165, 1.54) is 6.07 Å². The first-order chi connectivity index (χ1) is 7.27. The molecule has 0 radical (unpaired) electrons. The molecule has 1 aromatic carbocycles. The second-order valence-electron chi connectivity index (χ2n) is 3.05. The van der Waals surface area contributed by atoms with Gasteiger partial charge in [-0.15, -0.1) is 0 Å². The quantitative estimate of drug-likeness (QED) is 0.550. The van der Waals surface area contributed by atoms with Gasteiger partial charge in [0.25, 0.3) is 5.69 Å². The van der Waals surface area contributed by atoms with Gasteiger partial charge >= 0.3 is 6.18 Å². The fraction of sp³-hybridized carbons (Fsp3) is 0.222. The number of hydrogen-bond acceptors (Lipinski definition) is 3. The van der Waals surface area contributed by atoms with Crippen molar-refractivity contribution in [2.24, 2.45) is 0 Å². The van der Waals surface area contributed by atoms with Crippen molar-refractivity contribution >= 4 is 5.69 Å². The zero-order chi connectivity index (χ0) is 12.5. The summed E-state index contributed by atoms with van der Waals surface area (Å²) in [6.07, 6.45) is -4.66. The highest BCUT2D eigenvalue weighted by molar-refractivity contribution is 5.53. The smallest absolute Gasteiger partial charge is 0.258 e. The van der Waals surface area contributed by atoms with Crippen LogP contribution in [-0.2, 0) is 6.18 Å². The van der Waals surface area contributed by atoms with Crippen LogP contribution in [0.1, 0.15) is 16.7 Å². The van der Waals surface area contributed by atoms with Gasteiger partial charge in [-0.25, -0.2) is 0 Å². The molecule has 1 rings (SSSR count). The molecule has 0 aliphatic heterocycles. The number of nitro groups is 1. The topological polar surface area (TPSA) is 66.9 Å². The van der Waals surface area contributed by atoms with Crippen molar-refractivity contribution in [2.75, 3.05) is 0 Å². The molecule has 0 aliphatic carbocycles. The maximum Gasteiger partial charge on any atom is 0.416 e. The molecule has 0 fully saturated rings. The highest BCUT2D eigenvalue weighted by Crippen LogP contribution is 2.35. The van der Waals surface area contributed by atoms with E-state index in [9.17, 15) is 23.3 Å². The molecule has 0 saturated heterocycles. The number of nitrogens with zero attached hydrogens (tertiary/aromatic N) is 2. The van der Waals surface area contributed by atoms with Gasteiger partial charge in [0.05, 0.1) is 10.5 Å². The van der Waals surface area contributed by atoms with Crippen LogP contribution in [0.15, 0.2) is 12.1 Å². The van der Waals surface area contributed by atoms with Crippen LogP contribution in [0.2, 0.25) is 0 Å². The normalized spacial score (nSPS) is 10.9. The number of halogens is 3. The minimum Gasteiger partial charge on any atom is -0.258 e. The van der Waals surface area contributed by atoms with Crippen molar-refractivity contribution in [2.45, 2.75) is 13.1 Å². The van der Waals surface area contributed by atoms with Crippen LogP contribution in [0, 0.1) is 28.4 Å². The molecule has 7 heteroatoms. The summed E-state index contributed by atoms with van der Waals surface area (Å²) in [5, 5.41) is 19.0. The van der Waals surface area contributed by atoms with Crippen molar-refractivity contribution < 1.29 is 18.1 Å². The molecule has 0 saturated carbocycles. The predicted molar refractivity (Wildman–Crippen MR) is 47.6 cm³/mol. The Morgan fingerprint density at radius 2 is 2.00 bits per heavy atom. The summed E-state index contributed by atoms with van der Waals surface area (Å²) in [5.74, 6) is 0. The summed E-state index contributed by atoms with van der Waals surface area (Å²) < 4.78 is 37.3. The van der Waals surface area contributed by atoms with E-state index >= 15 is 0 Å². The van der Waals surface area contributed by atoms with Crippen LogP contribution in [-0.4, -0.2) is 4.92 Å². The highest BCUT2D eigenvalue weighted by atomic mass is 19.4. The third-order valence-electron chi connectivity index (χ3n) is 1.97. The largest absolute Gasteiger partial charge is 0.416 e. The van der Waals surface area contributed by atoms with E-state index in [1.807, 2.05) is 0 Å². The zero-order valence-corrected chi connectivity index (χ0v) is 8.00. The van der Waals surface area contributed by atoms with E-state index in [4.69, 9.17) is 5.26 Å². The molecule has 0 aromatic heterocycles. The van der Waals surface area contributed by atoms with E-state index < -0.39 is 22.4 Å². The summed E-state index contributed by atoms with van der Waals surface area (Å²) in [5.41, 5.74) is -2.52. The molecule has 4 nitrogen and oxygen atoms in total. The number of rotatable bonds is 1. The third kappa shape index (κ3) is 2.11. The van der Waals surface area contributed by atoms with Gasteiger partial charge in [0.15, 0.2) is 0 Å². The Morgan fingerprint density at radius 3 is 2.38 bits per heavy atom. The predicted octanol–water partition coefficient (Wildman–Crippen LogP) is 2.79. The lowest BCUT2D eigenvalue weighted by atomic mass is 10.0.